The molecule has 0 aliphatic carbocycles. The van der Waals surface area contributed by atoms with E-state index in [-0.39, 0.29) is 0 Å². The Kier molecular flexibility index (Phi) is 3.82. The molecule has 0 bridgehead atoms. The molecule has 0 saturated carbocycles. The Hall–Kier alpha value is -1.61. The van der Waals surface area contributed by atoms with Crippen molar-refractivity contribution in [2.75, 3.05) is 7.05 Å². The molecule has 2 aromatic rings. The van der Waals surface area contributed by atoms with E-state index in [1.165, 1.54) is 11.1 Å². The van der Waals surface area contributed by atoms with Gasteiger partial charge in [-0.3, -0.25) is 9.88 Å². The zero-order valence-electron chi connectivity index (χ0n) is 11.5. The van der Waals surface area contributed by atoms with Crippen molar-refractivity contribution in [1.29, 1.82) is 0 Å². The quantitative estimate of drug-likeness (QED) is 0.824. The average Bonchev–Trinajstić information content (AvgIpc) is 2.68. The van der Waals surface area contributed by atoms with E-state index >= 15 is 0 Å². The summed E-state index contributed by atoms with van der Waals surface area (Å²) in [6.45, 7) is 7.11. The first-order chi connectivity index (χ1) is 8.58. The number of hydrogen-bond donors (Lipinski definition) is 0. The highest BCUT2D eigenvalue weighted by Gasteiger charge is 2.14. The predicted molar refractivity (Wildman–Crippen MR) is 72.3 cm³/mol. The Balaban J connectivity index is 2.08. The fraction of sp³-hybridized carbons (Fsp3) is 0.400. The summed E-state index contributed by atoms with van der Waals surface area (Å²) >= 11 is 0. The summed E-state index contributed by atoms with van der Waals surface area (Å²) in [5, 5.41) is 0. The molecule has 2 heterocycles. The van der Waals surface area contributed by atoms with Gasteiger partial charge in [-0.15, -0.1) is 0 Å². The van der Waals surface area contributed by atoms with Gasteiger partial charge in [0.1, 0.15) is 11.5 Å². The zero-order valence-corrected chi connectivity index (χ0v) is 11.5. The van der Waals surface area contributed by atoms with Crippen LogP contribution < -0.4 is 0 Å². The highest BCUT2D eigenvalue weighted by atomic mass is 16.3. The Bertz CT molecular complexity index is 504. The second-order valence-corrected chi connectivity index (χ2v) is 4.81. The standard InChI is InChI=1S/C15H20N2O/c1-11-9-15(13(3)18-11)10-17(4)12(2)14-5-7-16-8-6-14/h5-9,12H,10H2,1-4H3/t12-/m0/s1. The van der Waals surface area contributed by atoms with Crippen molar-refractivity contribution in [3.63, 3.8) is 0 Å². The van der Waals surface area contributed by atoms with Crippen LogP contribution in [0, 0.1) is 13.8 Å². The smallest absolute Gasteiger partial charge is 0.105 e. The van der Waals surface area contributed by atoms with Gasteiger partial charge in [0.05, 0.1) is 0 Å². The monoisotopic (exact) mass is 244 g/mol. The van der Waals surface area contributed by atoms with Gasteiger partial charge in [-0.1, -0.05) is 0 Å². The molecule has 1 atom stereocenters. The first-order valence-corrected chi connectivity index (χ1v) is 6.24. The molecule has 0 amide bonds. The molecule has 0 aromatic carbocycles. The summed E-state index contributed by atoms with van der Waals surface area (Å²) < 4.78 is 5.56. The lowest BCUT2D eigenvalue weighted by molar-refractivity contribution is 0.251. The molecule has 0 aliphatic heterocycles. The molecular formula is C15H20N2O. The zero-order chi connectivity index (χ0) is 13.1. The van der Waals surface area contributed by atoms with Crippen LogP contribution in [-0.4, -0.2) is 16.9 Å². The van der Waals surface area contributed by atoms with Crippen LogP contribution >= 0.6 is 0 Å². The van der Waals surface area contributed by atoms with E-state index in [2.05, 4.69) is 42.1 Å². The molecule has 0 saturated heterocycles. The third-order valence-electron chi connectivity index (χ3n) is 3.41. The maximum atomic E-state index is 5.56. The second kappa shape index (κ2) is 5.36. The van der Waals surface area contributed by atoms with Gasteiger partial charge in [-0.2, -0.15) is 0 Å². The Labute approximate surface area is 108 Å². The molecule has 2 aromatic heterocycles. The maximum absolute atomic E-state index is 5.56. The van der Waals surface area contributed by atoms with E-state index in [0.29, 0.717) is 6.04 Å². The number of pyridine rings is 1. The minimum Gasteiger partial charge on any atom is -0.466 e. The fourth-order valence-corrected chi connectivity index (χ4v) is 2.14. The lowest BCUT2D eigenvalue weighted by atomic mass is 10.1. The number of furan rings is 1. The largest absolute Gasteiger partial charge is 0.466 e. The van der Waals surface area contributed by atoms with E-state index in [1.54, 1.807) is 0 Å². The van der Waals surface area contributed by atoms with E-state index < -0.39 is 0 Å². The topological polar surface area (TPSA) is 29.3 Å². The number of aromatic nitrogens is 1. The van der Waals surface area contributed by atoms with Crippen LogP contribution in [0.3, 0.4) is 0 Å². The van der Waals surface area contributed by atoms with Crippen LogP contribution in [0.25, 0.3) is 0 Å². The van der Waals surface area contributed by atoms with Gasteiger partial charge in [-0.05, 0) is 51.6 Å². The van der Waals surface area contributed by atoms with Crippen LogP contribution in [0.2, 0.25) is 0 Å². The van der Waals surface area contributed by atoms with Crippen molar-refractivity contribution in [3.05, 3.63) is 53.2 Å². The minimum absolute atomic E-state index is 0.364. The first kappa shape index (κ1) is 12.8. The van der Waals surface area contributed by atoms with Crippen molar-refractivity contribution in [2.45, 2.75) is 33.4 Å². The van der Waals surface area contributed by atoms with Crippen LogP contribution in [0.15, 0.2) is 35.0 Å². The maximum Gasteiger partial charge on any atom is 0.105 e. The van der Waals surface area contributed by atoms with Crippen molar-refractivity contribution in [2.24, 2.45) is 0 Å². The average molecular weight is 244 g/mol. The molecule has 0 radical (unpaired) electrons. The number of hydrogen-bond acceptors (Lipinski definition) is 3. The van der Waals surface area contributed by atoms with Crippen molar-refractivity contribution in [1.82, 2.24) is 9.88 Å². The van der Waals surface area contributed by atoms with E-state index in [4.69, 9.17) is 4.42 Å². The Morgan fingerprint density at radius 2 is 1.94 bits per heavy atom. The summed E-state index contributed by atoms with van der Waals surface area (Å²) in [4.78, 5) is 6.37. The highest BCUT2D eigenvalue weighted by molar-refractivity contribution is 5.21. The molecule has 3 nitrogen and oxygen atoms in total. The number of rotatable bonds is 4. The molecule has 0 N–H and O–H groups in total. The van der Waals surface area contributed by atoms with E-state index in [9.17, 15) is 0 Å². The van der Waals surface area contributed by atoms with Gasteiger partial charge in [-0.25, -0.2) is 0 Å². The van der Waals surface area contributed by atoms with E-state index in [1.807, 2.05) is 26.2 Å². The third-order valence-corrected chi connectivity index (χ3v) is 3.41. The van der Waals surface area contributed by atoms with Gasteiger partial charge in [0, 0.05) is 30.5 Å². The highest BCUT2D eigenvalue weighted by Crippen LogP contribution is 2.22. The molecular weight excluding hydrogens is 224 g/mol. The first-order valence-electron chi connectivity index (χ1n) is 6.24. The summed E-state index contributed by atoms with van der Waals surface area (Å²) in [5.41, 5.74) is 2.54. The number of aryl methyl sites for hydroxylation is 2. The van der Waals surface area contributed by atoms with Crippen molar-refractivity contribution < 1.29 is 4.42 Å². The van der Waals surface area contributed by atoms with Crippen LogP contribution in [-0.2, 0) is 6.54 Å². The van der Waals surface area contributed by atoms with Crippen LogP contribution in [0.1, 0.15) is 35.6 Å². The predicted octanol–water partition coefficient (Wildman–Crippen LogP) is 3.48. The third kappa shape index (κ3) is 2.79. The Morgan fingerprint density at radius 3 is 2.50 bits per heavy atom. The fourth-order valence-electron chi connectivity index (χ4n) is 2.14. The van der Waals surface area contributed by atoms with E-state index in [0.717, 1.165) is 18.1 Å². The van der Waals surface area contributed by atoms with Crippen LogP contribution in [0.4, 0.5) is 0 Å². The summed E-state index contributed by atoms with van der Waals surface area (Å²) in [6, 6.07) is 6.61. The summed E-state index contributed by atoms with van der Waals surface area (Å²) in [5.74, 6) is 1.99. The second-order valence-electron chi connectivity index (χ2n) is 4.81. The van der Waals surface area contributed by atoms with Crippen molar-refractivity contribution in [3.8, 4) is 0 Å². The lowest BCUT2D eigenvalue weighted by Gasteiger charge is -2.24. The van der Waals surface area contributed by atoms with Gasteiger partial charge in [0.15, 0.2) is 0 Å². The Morgan fingerprint density at radius 1 is 1.28 bits per heavy atom. The molecule has 0 spiro atoms. The molecule has 96 valence electrons. The van der Waals surface area contributed by atoms with Gasteiger partial charge in [0.2, 0.25) is 0 Å². The van der Waals surface area contributed by atoms with Gasteiger partial charge >= 0.3 is 0 Å². The molecule has 0 aliphatic rings. The normalized spacial score (nSPS) is 12.9. The van der Waals surface area contributed by atoms with Crippen molar-refractivity contribution >= 4 is 0 Å². The van der Waals surface area contributed by atoms with Gasteiger partial charge in [0.25, 0.3) is 0 Å². The molecule has 2 rings (SSSR count). The van der Waals surface area contributed by atoms with Crippen LogP contribution in [0.5, 0.6) is 0 Å². The molecule has 3 heteroatoms. The molecule has 18 heavy (non-hydrogen) atoms. The lowest BCUT2D eigenvalue weighted by Crippen LogP contribution is -2.22. The number of nitrogens with zero attached hydrogens (tertiary/aromatic N) is 2. The summed E-state index contributed by atoms with van der Waals surface area (Å²) in [7, 11) is 2.13. The van der Waals surface area contributed by atoms with Gasteiger partial charge < -0.3 is 4.42 Å². The summed E-state index contributed by atoms with van der Waals surface area (Å²) in [6.07, 6.45) is 3.68. The SMILES string of the molecule is Cc1cc(CN(C)[C@@H](C)c2ccncc2)c(C)o1. The minimum atomic E-state index is 0.364. The molecule has 0 unspecified atom stereocenters. The molecule has 0 fully saturated rings.